The number of nitrogens with zero attached hydrogens (tertiary/aromatic N) is 1. The number of hydrogen-bond acceptors (Lipinski definition) is 2. The van der Waals surface area contributed by atoms with Crippen molar-refractivity contribution in [3.05, 3.63) is 86.1 Å². The maximum atomic E-state index is 12.0. The monoisotopic (exact) mass is 434 g/mol. The molecule has 2 aromatic carbocycles. The lowest BCUT2D eigenvalue weighted by atomic mass is 10.2. The van der Waals surface area contributed by atoms with Crippen molar-refractivity contribution in [2.45, 2.75) is 0 Å². The molecule has 0 bridgehead atoms. The van der Waals surface area contributed by atoms with Gasteiger partial charge in [-0.15, -0.1) is 0 Å². The molecular weight excluding hydrogens is 423 g/mol. The maximum Gasteiger partial charge on any atom is 0.275 e. The van der Waals surface area contributed by atoms with Crippen LogP contribution in [0.2, 0.25) is 5.02 Å². The van der Waals surface area contributed by atoms with Gasteiger partial charge in [0.1, 0.15) is 11.5 Å². The Balaban J connectivity index is 1.85. The predicted octanol–water partition coefficient (Wildman–Crippen LogP) is 4.42. The standard InChI is InChI=1S/C18H12ClIN2O/c19-15-10-9-13(20)11-14(15)17-21-16(18(23)22-17)8-4-7-12-5-2-1-3-6-12/h1-11H,(H,21,22,23)/b7-4+,16-8?. The highest BCUT2D eigenvalue weighted by Crippen LogP contribution is 2.22. The van der Waals surface area contributed by atoms with Crippen LogP contribution in [0, 0.1) is 3.57 Å². The van der Waals surface area contributed by atoms with E-state index in [0.29, 0.717) is 16.6 Å². The summed E-state index contributed by atoms with van der Waals surface area (Å²) in [6.45, 7) is 0. The Hall–Kier alpha value is -1.92. The number of nitrogens with one attached hydrogen (secondary N) is 1. The minimum Gasteiger partial charge on any atom is -0.305 e. The topological polar surface area (TPSA) is 41.5 Å². The van der Waals surface area contributed by atoms with Gasteiger partial charge in [-0.2, -0.15) is 0 Å². The van der Waals surface area contributed by atoms with Crippen LogP contribution in [0.25, 0.3) is 6.08 Å². The molecule has 0 saturated heterocycles. The van der Waals surface area contributed by atoms with Gasteiger partial charge in [0.25, 0.3) is 5.91 Å². The highest BCUT2D eigenvalue weighted by atomic mass is 127. The molecule has 5 heteroatoms. The van der Waals surface area contributed by atoms with Crippen LogP contribution in [-0.2, 0) is 4.79 Å². The largest absolute Gasteiger partial charge is 0.305 e. The van der Waals surface area contributed by atoms with Gasteiger partial charge in [-0.05, 0) is 52.4 Å². The lowest BCUT2D eigenvalue weighted by Gasteiger charge is -2.03. The molecule has 0 atom stereocenters. The zero-order valence-corrected chi connectivity index (χ0v) is 14.9. The van der Waals surface area contributed by atoms with Gasteiger partial charge in [0.15, 0.2) is 0 Å². The van der Waals surface area contributed by atoms with E-state index in [0.717, 1.165) is 14.7 Å². The summed E-state index contributed by atoms with van der Waals surface area (Å²) in [4.78, 5) is 16.4. The van der Waals surface area contributed by atoms with E-state index in [1.807, 2.05) is 54.6 Å². The summed E-state index contributed by atoms with van der Waals surface area (Å²) in [5, 5.41) is 3.32. The number of halogens is 2. The van der Waals surface area contributed by atoms with Crippen molar-refractivity contribution in [2.24, 2.45) is 4.99 Å². The Morgan fingerprint density at radius 3 is 2.70 bits per heavy atom. The van der Waals surface area contributed by atoms with Gasteiger partial charge < -0.3 is 5.32 Å². The molecule has 3 rings (SSSR count). The van der Waals surface area contributed by atoms with Crippen molar-refractivity contribution in [3.8, 4) is 0 Å². The van der Waals surface area contributed by atoms with Crippen LogP contribution < -0.4 is 5.32 Å². The van der Waals surface area contributed by atoms with Crippen molar-refractivity contribution in [2.75, 3.05) is 0 Å². The number of carbonyl (C=O) groups excluding carboxylic acids is 1. The van der Waals surface area contributed by atoms with Crippen LogP contribution in [0.4, 0.5) is 0 Å². The molecule has 23 heavy (non-hydrogen) atoms. The quantitative estimate of drug-likeness (QED) is 0.564. The van der Waals surface area contributed by atoms with Crippen molar-refractivity contribution >= 4 is 52.0 Å². The van der Waals surface area contributed by atoms with E-state index in [-0.39, 0.29) is 5.91 Å². The molecule has 0 fully saturated rings. The minimum absolute atomic E-state index is 0.229. The van der Waals surface area contributed by atoms with E-state index < -0.39 is 0 Å². The molecule has 0 aliphatic carbocycles. The first-order valence-electron chi connectivity index (χ1n) is 6.92. The van der Waals surface area contributed by atoms with Crippen LogP contribution in [-0.4, -0.2) is 11.7 Å². The van der Waals surface area contributed by atoms with Crippen molar-refractivity contribution in [1.82, 2.24) is 5.32 Å². The normalized spacial score (nSPS) is 16.0. The Morgan fingerprint density at radius 2 is 1.91 bits per heavy atom. The number of amides is 1. The molecule has 0 unspecified atom stereocenters. The Bertz CT molecular complexity index is 841. The number of amidine groups is 1. The average Bonchev–Trinajstić information content (AvgIpc) is 2.92. The Morgan fingerprint density at radius 1 is 1.13 bits per heavy atom. The van der Waals surface area contributed by atoms with E-state index in [2.05, 4.69) is 32.9 Å². The summed E-state index contributed by atoms with van der Waals surface area (Å²) in [7, 11) is 0. The second kappa shape index (κ2) is 7.10. The molecular formula is C18H12ClIN2O. The van der Waals surface area contributed by atoms with Crippen LogP contribution in [0.5, 0.6) is 0 Å². The van der Waals surface area contributed by atoms with Gasteiger partial charge in [-0.3, -0.25) is 4.79 Å². The number of aliphatic imine (C=N–C) groups is 1. The molecule has 2 aromatic rings. The second-order valence-corrected chi connectivity index (χ2v) is 6.51. The third kappa shape index (κ3) is 3.89. The molecule has 0 radical (unpaired) electrons. The summed E-state index contributed by atoms with van der Waals surface area (Å²) >= 11 is 8.38. The molecule has 3 nitrogen and oxygen atoms in total. The highest BCUT2D eigenvalue weighted by Gasteiger charge is 2.22. The van der Waals surface area contributed by atoms with Crippen LogP contribution in [0.1, 0.15) is 11.1 Å². The number of allylic oxidation sites excluding steroid dienone is 2. The first-order valence-corrected chi connectivity index (χ1v) is 8.38. The Kier molecular flexibility index (Phi) is 4.93. The lowest BCUT2D eigenvalue weighted by molar-refractivity contribution is -0.115. The summed E-state index contributed by atoms with van der Waals surface area (Å²) in [6, 6.07) is 15.5. The third-order valence-electron chi connectivity index (χ3n) is 3.22. The van der Waals surface area contributed by atoms with E-state index in [4.69, 9.17) is 11.6 Å². The fraction of sp³-hybridized carbons (Fsp3) is 0. The summed E-state index contributed by atoms with van der Waals surface area (Å²) in [6.07, 6.45) is 5.43. The van der Waals surface area contributed by atoms with Gasteiger partial charge >= 0.3 is 0 Å². The van der Waals surface area contributed by atoms with Crippen LogP contribution in [0.3, 0.4) is 0 Å². The van der Waals surface area contributed by atoms with Gasteiger partial charge in [0, 0.05) is 9.13 Å². The number of benzene rings is 2. The van der Waals surface area contributed by atoms with Gasteiger partial charge in [-0.1, -0.05) is 54.1 Å². The summed E-state index contributed by atoms with van der Waals surface area (Å²) < 4.78 is 1.03. The van der Waals surface area contributed by atoms with E-state index in [1.165, 1.54) is 0 Å². The van der Waals surface area contributed by atoms with Crippen LogP contribution >= 0.6 is 34.2 Å². The van der Waals surface area contributed by atoms with Gasteiger partial charge in [-0.25, -0.2) is 4.99 Å². The third-order valence-corrected chi connectivity index (χ3v) is 4.22. The minimum atomic E-state index is -0.229. The van der Waals surface area contributed by atoms with Crippen molar-refractivity contribution in [3.63, 3.8) is 0 Å². The highest BCUT2D eigenvalue weighted by molar-refractivity contribution is 14.1. The summed E-state index contributed by atoms with van der Waals surface area (Å²) in [5.41, 5.74) is 2.15. The molecule has 114 valence electrons. The SMILES string of the molecule is O=C1NC(c2cc(I)ccc2Cl)=NC1=C/C=C/c1ccccc1. The smallest absolute Gasteiger partial charge is 0.275 e. The molecule has 1 aliphatic rings. The first-order chi connectivity index (χ1) is 11.1. The summed E-state index contributed by atoms with van der Waals surface area (Å²) in [5.74, 6) is 0.255. The Labute approximate surface area is 152 Å². The molecule has 0 aromatic heterocycles. The predicted molar refractivity (Wildman–Crippen MR) is 102 cm³/mol. The zero-order valence-electron chi connectivity index (χ0n) is 12.0. The molecule has 1 aliphatic heterocycles. The number of rotatable bonds is 3. The van der Waals surface area contributed by atoms with Gasteiger partial charge in [0.05, 0.1) is 5.02 Å². The van der Waals surface area contributed by atoms with E-state index >= 15 is 0 Å². The average molecular weight is 435 g/mol. The molecule has 0 spiro atoms. The number of hydrogen-bond donors (Lipinski definition) is 1. The van der Waals surface area contributed by atoms with Crippen molar-refractivity contribution in [1.29, 1.82) is 0 Å². The molecule has 1 amide bonds. The first kappa shape index (κ1) is 16.0. The van der Waals surface area contributed by atoms with E-state index in [9.17, 15) is 4.79 Å². The number of carbonyl (C=O) groups is 1. The van der Waals surface area contributed by atoms with Gasteiger partial charge in [0.2, 0.25) is 0 Å². The molecule has 1 heterocycles. The fourth-order valence-corrected chi connectivity index (χ4v) is 2.80. The maximum absolute atomic E-state index is 12.0. The molecule has 0 saturated carbocycles. The lowest BCUT2D eigenvalue weighted by Crippen LogP contribution is -2.25. The second-order valence-electron chi connectivity index (χ2n) is 4.86. The zero-order chi connectivity index (χ0) is 16.2. The molecule has 1 N–H and O–H groups in total. The van der Waals surface area contributed by atoms with E-state index in [1.54, 1.807) is 12.1 Å². The van der Waals surface area contributed by atoms with Crippen LogP contribution in [0.15, 0.2) is 71.4 Å². The van der Waals surface area contributed by atoms with Crippen molar-refractivity contribution < 1.29 is 4.79 Å². The fourth-order valence-electron chi connectivity index (χ4n) is 2.10.